The summed E-state index contributed by atoms with van der Waals surface area (Å²) in [5, 5.41) is 33.5. The smallest absolute Gasteiger partial charge is 0.229 e. The molecule has 0 bridgehead atoms. The van der Waals surface area contributed by atoms with Crippen LogP contribution in [0.4, 0.5) is 0 Å². The highest BCUT2D eigenvalue weighted by Gasteiger charge is 2.28. The number of carbonyl (C=O) groups excluding carboxylic acids is 3. The fraction of sp³-hybridized carbons (Fsp3) is 0.345. The molecule has 1 aliphatic heterocycles. The molecule has 1 saturated heterocycles. The first-order chi connectivity index (χ1) is 19.6. The quantitative estimate of drug-likeness (QED) is 0.166. The lowest BCUT2D eigenvalue weighted by Crippen LogP contribution is -2.32. The van der Waals surface area contributed by atoms with Crippen LogP contribution in [-0.4, -0.2) is 65.3 Å². The van der Waals surface area contributed by atoms with Crippen LogP contribution in [0.3, 0.4) is 0 Å². The number of aromatic hydroxyl groups is 2. The van der Waals surface area contributed by atoms with Crippen molar-refractivity contribution in [2.24, 2.45) is 0 Å². The molecular formula is C29H32N6O5S. The Kier molecular flexibility index (Phi) is 8.02. The molecule has 41 heavy (non-hydrogen) atoms. The van der Waals surface area contributed by atoms with E-state index in [1.807, 2.05) is 48.9 Å². The molecule has 3 amide bonds. The van der Waals surface area contributed by atoms with Crippen LogP contribution in [-0.2, 0) is 20.9 Å². The van der Waals surface area contributed by atoms with E-state index < -0.39 is 0 Å². The summed E-state index contributed by atoms with van der Waals surface area (Å²) in [4.78, 5) is 36.9. The molecule has 3 N–H and O–H groups in total. The number of imide groups is 1. The Balaban J connectivity index is 1.26. The van der Waals surface area contributed by atoms with Gasteiger partial charge in [-0.25, -0.2) is 0 Å². The van der Waals surface area contributed by atoms with Crippen LogP contribution in [0.1, 0.15) is 51.0 Å². The van der Waals surface area contributed by atoms with Crippen molar-refractivity contribution in [1.29, 1.82) is 0 Å². The first-order valence-electron chi connectivity index (χ1n) is 13.5. The third-order valence-corrected chi connectivity index (χ3v) is 7.57. The second-order valence-corrected chi connectivity index (χ2v) is 10.8. The number of nitrogens with one attached hydrogen (secondary N) is 1. The summed E-state index contributed by atoms with van der Waals surface area (Å²) in [6.07, 6.45) is 3.15. The summed E-state index contributed by atoms with van der Waals surface area (Å²) in [6.45, 7) is 5.18. The molecule has 1 aliphatic rings. The van der Waals surface area contributed by atoms with Gasteiger partial charge in [0.1, 0.15) is 11.5 Å². The van der Waals surface area contributed by atoms with E-state index >= 15 is 0 Å². The van der Waals surface area contributed by atoms with E-state index in [1.165, 1.54) is 11.0 Å². The molecule has 0 aliphatic carbocycles. The van der Waals surface area contributed by atoms with Gasteiger partial charge in [-0.1, -0.05) is 13.8 Å². The number of rotatable bonds is 10. The SMILES string of the molecule is CC(C)c1cc(-c2nnc(S)n2-c2ccc3c(ccn3CCNC(=O)CCCN3C(=O)CCC3=O)c2)c(O)cc1O. The zero-order valence-corrected chi connectivity index (χ0v) is 23.8. The Bertz CT molecular complexity index is 1630. The molecule has 0 unspecified atom stereocenters. The minimum atomic E-state index is -0.164. The van der Waals surface area contributed by atoms with E-state index in [-0.39, 0.29) is 60.9 Å². The van der Waals surface area contributed by atoms with Gasteiger partial charge >= 0.3 is 0 Å². The van der Waals surface area contributed by atoms with Crippen LogP contribution >= 0.6 is 12.6 Å². The molecular weight excluding hydrogens is 544 g/mol. The maximum atomic E-state index is 12.3. The summed E-state index contributed by atoms with van der Waals surface area (Å²) in [6, 6.07) is 10.9. The fourth-order valence-electron chi connectivity index (χ4n) is 5.12. The number of amides is 3. The first kappa shape index (κ1) is 28.2. The van der Waals surface area contributed by atoms with Gasteiger partial charge in [0.25, 0.3) is 0 Å². The zero-order chi connectivity index (χ0) is 29.3. The number of thiol groups is 1. The van der Waals surface area contributed by atoms with E-state index in [0.29, 0.717) is 41.6 Å². The number of nitrogens with zero attached hydrogens (tertiary/aromatic N) is 5. The van der Waals surface area contributed by atoms with Crippen LogP contribution in [0, 0.1) is 0 Å². The fourth-order valence-corrected chi connectivity index (χ4v) is 5.37. The molecule has 12 heteroatoms. The number of carbonyl (C=O) groups is 3. The highest BCUT2D eigenvalue weighted by Crippen LogP contribution is 2.38. The van der Waals surface area contributed by atoms with Crippen LogP contribution in [0.15, 0.2) is 47.8 Å². The lowest BCUT2D eigenvalue weighted by atomic mass is 9.98. The van der Waals surface area contributed by atoms with Crippen LogP contribution in [0.2, 0.25) is 0 Å². The third-order valence-electron chi connectivity index (χ3n) is 7.28. The van der Waals surface area contributed by atoms with E-state index in [1.54, 1.807) is 10.6 Å². The molecule has 5 rings (SSSR count). The van der Waals surface area contributed by atoms with Gasteiger partial charge in [-0.05, 0) is 48.2 Å². The average molecular weight is 577 g/mol. The summed E-state index contributed by atoms with van der Waals surface area (Å²) in [7, 11) is 0. The second-order valence-electron chi connectivity index (χ2n) is 10.4. The highest BCUT2D eigenvalue weighted by atomic mass is 32.1. The lowest BCUT2D eigenvalue weighted by molar-refractivity contribution is -0.138. The maximum absolute atomic E-state index is 12.3. The van der Waals surface area contributed by atoms with Crippen molar-refractivity contribution in [1.82, 2.24) is 29.5 Å². The molecule has 0 spiro atoms. The number of fused-ring (bicyclic) bond motifs is 1. The number of hydrogen-bond acceptors (Lipinski definition) is 8. The Morgan fingerprint density at radius 2 is 1.78 bits per heavy atom. The number of phenolic OH excluding ortho intramolecular Hbond substituents is 2. The number of aromatic nitrogens is 4. The summed E-state index contributed by atoms with van der Waals surface area (Å²) in [5.74, 6) is -0.107. The third kappa shape index (κ3) is 5.78. The van der Waals surface area contributed by atoms with Crippen LogP contribution < -0.4 is 5.32 Å². The predicted molar refractivity (Wildman–Crippen MR) is 155 cm³/mol. The average Bonchev–Trinajstić information content (AvgIpc) is 3.61. The van der Waals surface area contributed by atoms with Crippen LogP contribution in [0.5, 0.6) is 11.5 Å². The summed E-state index contributed by atoms with van der Waals surface area (Å²) in [5.41, 5.74) is 2.84. The minimum Gasteiger partial charge on any atom is -0.508 e. The van der Waals surface area contributed by atoms with Gasteiger partial charge in [-0.2, -0.15) is 0 Å². The Labute approximate surface area is 242 Å². The molecule has 3 heterocycles. The number of likely N-dealkylation sites (tertiary alicyclic amines) is 1. The minimum absolute atomic E-state index is 0.0208. The Morgan fingerprint density at radius 1 is 1.02 bits per heavy atom. The van der Waals surface area contributed by atoms with E-state index in [4.69, 9.17) is 0 Å². The molecule has 0 atom stereocenters. The second kappa shape index (κ2) is 11.7. The molecule has 214 valence electrons. The molecule has 2 aromatic carbocycles. The van der Waals surface area contributed by atoms with Crippen molar-refractivity contribution in [2.75, 3.05) is 13.1 Å². The van der Waals surface area contributed by atoms with Gasteiger partial charge in [0, 0.05) is 62.1 Å². The van der Waals surface area contributed by atoms with Crippen molar-refractivity contribution in [3.63, 3.8) is 0 Å². The zero-order valence-electron chi connectivity index (χ0n) is 22.9. The monoisotopic (exact) mass is 576 g/mol. The summed E-state index contributed by atoms with van der Waals surface area (Å²) < 4.78 is 3.77. The predicted octanol–water partition coefficient (Wildman–Crippen LogP) is 3.76. The topological polar surface area (TPSA) is 143 Å². The molecule has 1 fully saturated rings. The van der Waals surface area contributed by atoms with Gasteiger partial charge in [-0.3, -0.25) is 23.9 Å². The number of phenols is 2. The molecule has 11 nitrogen and oxygen atoms in total. The molecule has 4 aromatic rings. The first-order valence-corrected chi connectivity index (χ1v) is 14.0. The van der Waals surface area contributed by atoms with Gasteiger partial charge in [0.15, 0.2) is 11.0 Å². The standard InChI is InChI=1S/C29H32N6O5S/c1-17(2)20-15-21(24(37)16-23(20)36)28-31-32-29(41)35(28)19-5-6-22-18(14-19)9-12-33(22)13-10-30-25(38)4-3-11-34-26(39)7-8-27(34)40/h5-6,9,12,14-17,36-37H,3-4,7-8,10-11,13H2,1-2H3,(H,30,38)(H,32,41). The van der Waals surface area contributed by atoms with Crippen molar-refractivity contribution in [3.05, 3.63) is 48.2 Å². The summed E-state index contributed by atoms with van der Waals surface area (Å²) >= 11 is 4.50. The van der Waals surface area contributed by atoms with Crippen molar-refractivity contribution in [2.45, 2.75) is 57.1 Å². The maximum Gasteiger partial charge on any atom is 0.229 e. The molecule has 0 radical (unpaired) electrons. The van der Waals surface area contributed by atoms with Crippen LogP contribution in [0.25, 0.3) is 28.0 Å². The van der Waals surface area contributed by atoms with Crippen molar-refractivity contribution in [3.8, 4) is 28.6 Å². The number of benzene rings is 2. The highest BCUT2D eigenvalue weighted by molar-refractivity contribution is 7.80. The molecule has 2 aromatic heterocycles. The van der Waals surface area contributed by atoms with Crippen molar-refractivity contribution >= 4 is 41.3 Å². The number of hydrogen-bond donors (Lipinski definition) is 4. The van der Waals surface area contributed by atoms with Gasteiger partial charge in [0.05, 0.1) is 11.3 Å². The normalized spacial score (nSPS) is 13.6. The molecule has 0 saturated carbocycles. The Hall–Kier alpha value is -4.32. The van der Waals surface area contributed by atoms with E-state index in [2.05, 4.69) is 28.1 Å². The van der Waals surface area contributed by atoms with E-state index in [9.17, 15) is 24.6 Å². The van der Waals surface area contributed by atoms with Gasteiger partial charge in [0.2, 0.25) is 17.7 Å². The largest absolute Gasteiger partial charge is 0.508 e. The van der Waals surface area contributed by atoms with Crippen molar-refractivity contribution < 1.29 is 24.6 Å². The lowest BCUT2D eigenvalue weighted by Gasteiger charge is -2.14. The van der Waals surface area contributed by atoms with E-state index in [0.717, 1.165) is 16.6 Å². The van der Waals surface area contributed by atoms with Gasteiger partial charge < -0.3 is 20.1 Å². The Morgan fingerprint density at radius 3 is 2.51 bits per heavy atom. The van der Waals surface area contributed by atoms with Gasteiger partial charge in [-0.15, -0.1) is 22.8 Å².